The molecule has 7 nitrogen and oxygen atoms in total. The van der Waals surface area contributed by atoms with Crippen molar-refractivity contribution in [3.63, 3.8) is 0 Å². The van der Waals surface area contributed by atoms with E-state index < -0.39 is 0 Å². The summed E-state index contributed by atoms with van der Waals surface area (Å²) in [6, 6.07) is 19.6. The van der Waals surface area contributed by atoms with E-state index in [1.807, 2.05) is 80.7 Å². The number of aromatic nitrogens is 3. The molecule has 0 bridgehead atoms. The molecule has 0 spiro atoms. The van der Waals surface area contributed by atoms with Crippen molar-refractivity contribution in [1.29, 1.82) is 0 Å². The number of carbonyl (C=O) groups excluding carboxylic acids is 1. The van der Waals surface area contributed by atoms with Gasteiger partial charge in [0.05, 0.1) is 4.24 Å². The van der Waals surface area contributed by atoms with E-state index in [2.05, 4.69) is 19.8 Å². The van der Waals surface area contributed by atoms with Crippen LogP contribution in [-0.4, -0.2) is 32.4 Å². The maximum Gasteiger partial charge on any atom is 0.294 e. The van der Waals surface area contributed by atoms with Crippen molar-refractivity contribution in [2.24, 2.45) is 0 Å². The first-order valence-electron chi connectivity index (χ1n) is 10.3. The first-order chi connectivity index (χ1) is 16.0. The number of hydrogen-bond acceptors (Lipinski definition) is 7. The van der Waals surface area contributed by atoms with E-state index in [0.29, 0.717) is 12.2 Å². The number of benzene rings is 3. The molecule has 9 heteroatoms. The molecule has 0 saturated carbocycles. The summed E-state index contributed by atoms with van der Waals surface area (Å²) in [6.07, 6.45) is 1.98. The number of aryl methyl sites for hydroxylation is 1. The second-order valence-corrected chi connectivity index (χ2v) is 9.90. The molecular formula is C24H21N5O2S2. The predicted molar refractivity (Wildman–Crippen MR) is 136 cm³/mol. The van der Waals surface area contributed by atoms with Gasteiger partial charge in [0.1, 0.15) is 22.5 Å². The zero-order valence-corrected chi connectivity index (χ0v) is 19.7. The summed E-state index contributed by atoms with van der Waals surface area (Å²) in [5.41, 5.74) is 5.97. The highest BCUT2D eigenvalue weighted by Gasteiger charge is 2.17. The Kier molecular flexibility index (Phi) is 5.74. The molecule has 1 fully saturated rings. The summed E-state index contributed by atoms with van der Waals surface area (Å²) in [5.74, 6) is 0.168. The number of hydrogen-bond donors (Lipinski definition) is 2. The summed E-state index contributed by atoms with van der Waals surface area (Å²) in [4.78, 5) is 14.9. The molecule has 0 atom stereocenters. The molecule has 1 aromatic heterocycles. The number of anilines is 1. The molecule has 5 rings (SSSR count). The fourth-order valence-corrected chi connectivity index (χ4v) is 5.23. The van der Waals surface area contributed by atoms with Crippen molar-refractivity contribution in [3.8, 4) is 11.4 Å². The number of amides is 1. The largest absolute Gasteiger partial charge is 0.505 e. The Morgan fingerprint density at radius 2 is 1.79 bits per heavy atom. The maximum absolute atomic E-state index is 11.3. The zero-order chi connectivity index (χ0) is 22.9. The van der Waals surface area contributed by atoms with Crippen molar-refractivity contribution in [1.82, 2.24) is 19.7 Å². The fourth-order valence-electron chi connectivity index (χ4n) is 3.67. The van der Waals surface area contributed by atoms with E-state index in [4.69, 9.17) is 0 Å². The van der Waals surface area contributed by atoms with Gasteiger partial charge in [-0.05, 0) is 78.2 Å². The van der Waals surface area contributed by atoms with Gasteiger partial charge >= 0.3 is 0 Å². The van der Waals surface area contributed by atoms with Crippen LogP contribution in [0.1, 0.15) is 16.7 Å². The molecule has 3 aromatic carbocycles. The number of phenols is 1. The Bertz CT molecular complexity index is 1350. The quantitative estimate of drug-likeness (QED) is 0.370. The maximum atomic E-state index is 11.3. The summed E-state index contributed by atoms with van der Waals surface area (Å²) in [7, 11) is 1.99. The van der Waals surface area contributed by atoms with Crippen LogP contribution in [0.3, 0.4) is 0 Å². The molecular weight excluding hydrogens is 454 g/mol. The van der Waals surface area contributed by atoms with Gasteiger partial charge in [-0.25, -0.2) is 0 Å². The first kappa shape index (κ1) is 21.4. The lowest BCUT2D eigenvalue weighted by Crippen LogP contribution is -2.17. The number of rotatable bonds is 5. The Balaban J connectivity index is 1.38. The van der Waals surface area contributed by atoms with Gasteiger partial charge in [0.2, 0.25) is 0 Å². The van der Waals surface area contributed by atoms with Gasteiger partial charge < -0.3 is 10.0 Å². The minimum atomic E-state index is -0.0432. The lowest BCUT2D eigenvalue weighted by atomic mass is 10.1. The summed E-state index contributed by atoms with van der Waals surface area (Å²) in [6.45, 7) is 2.52. The van der Waals surface area contributed by atoms with Crippen LogP contribution in [0.2, 0.25) is 0 Å². The van der Waals surface area contributed by atoms with Crippen LogP contribution >= 0.6 is 23.7 Å². The van der Waals surface area contributed by atoms with Crippen LogP contribution in [0, 0.1) is 6.92 Å². The summed E-state index contributed by atoms with van der Waals surface area (Å²) in [5, 5.41) is 20.0. The standard InChI is InChI=1S/C24H21N5O2S2/c1-15-11-17(23(30)21(12-15)29-25-19-5-3-4-6-20(19)26-29)14-28(2)18-9-7-16(8-10-18)13-22-32-24(31)27-33-22/h3-13,30H,14H2,1-2H3,(H,27,31). The molecule has 0 aliphatic carbocycles. The zero-order valence-electron chi connectivity index (χ0n) is 18.0. The lowest BCUT2D eigenvalue weighted by molar-refractivity contribution is 0.265. The summed E-state index contributed by atoms with van der Waals surface area (Å²) < 4.78 is 3.64. The Hall–Kier alpha value is -3.43. The van der Waals surface area contributed by atoms with Crippen LogP contribution in [0.25, 0.3) is 22.8 Å². The molecule has 4 aromatic rings. The highest BCUT2D eigenvalue weighted by molar-refractivity contribution is 8.33. The monoisotopic (exact) mass is 475 g/mol. The number of nitrogens with one attached hydrogen (secondary N) is 1. The van der Waals surface area contributed by atoms with Crippen molar-refractivity contribution in [3.05, 3.63) is 81.6 Å². The number of fused-ring (bicyclic) bond motifs is 1. The fraction of sp³-hybridized carbons (Fsp3) is 0.125. The third-order valence-electron chi connectivity index (χ3n) is 5.27. The third kappa shape index (κ3) is 4.55. The lowest BCUT2D eigenvalue weighted by Gasteiger charge is -2.21. The average molecular weight is 476 g/mol. The molecule has 2 N–H and O–H groups in total. The van der Waals surface area contributed by atoms with E-state index in [1.165, 1.54) is 28.5 Å². The topological polar surface area (TPSA) is 83.3 Å². The Morgan fingerprint density at radius 1 is 1.09 bits per heavy atom. The van der Waals surface area contributed by atoms with Crippen LogP contribution in [0.4, 0.5) is 10.5 Å². The van der Waals surface area contributed by atoms with Gasteiger partial charge in [0, 0.05) is 24.8 Å². The molecule has 33 heavy (non-hydrogen) atoms. The molecule has 1 aliphatic heterocycles. The van der Waals surface area contributed by atoms with Crippen LogP contribution in [0.5, 0.6) is 5.75 Å². The van der Waals surface area contributed by atoms with E-state index in [-0.39, 0.29) is 11.0 Å². The SMILES string of the molecule is Cc1cc(CN(C)c2ccc(C=C3SNC(=O)S3)cc2)c(O)c(-n2nc3ccccc3n2)c1. The van der Waals surface area contributed by atoms with Crippen molar-refractivity contribution >= 4 is 51.7 Å². The number of aromatic hydroxyl groups is 1. The molecule has 1 saturated heterocycles. The van der Waals surface area contributed by atoms with Gasteiger partial charge in [0.25, 0.3) is 5.24 Å². The summed E-state index contributed by atoms with van der Waals surface area (Å²) >= 11 is 2.54. The van der Waals surface area contributed by atoms with E-state index >= 15 is 0 Å². The highest BCUT2D eigenvalue weighted by Crippen LogP contribution is 2.36. The number of thioether (sulfide) groups is 1. The minimum Gasteiger partial charge on any atom is -0.505 e. The van der Waals surface area contributed by atoms with Crippen molar-refractivity contribution in [2.45, 2.75) is 13.5 Å². The molecule has 0 radical (unpaired) electrons. The van der Waals surface area contributed by atoms with Crippen LogP contribution in [-0.2, 0) is 6.54 Å². The molecule has 0 unspecified atom stereocenters. The van der Waals surface area contributed by atoms with E-state index in [0.717, 1.165) is 37.6 Å². The average Bonchev–Trinajstić information content (AvgIpc) is 3.42. The normalized spacial score (nSPS) is 14.7. The van der Waals surface area contributed by atoms with Crippen LogP contribution < -0.4 is 9.62 Å². The predicted octanol–water partition coefficient (Wildman–Crippen LogP) is 5.47. The second kappa shape index (κ2) is 8.84. The van der Waals surface area contributed by atoms with Gasteiger partial charge in [-0.15, -0.1) is 15.0 Å². The van der Waals surface area contributed by atoms with Gasteiger partial charge in [-0.2, -0.15) is 0 Å². The van der Waals surface area contributed by atoms with Gasteiger partial charge in [-0.1, -0.05) is 30.3 Å². The Morgan fingerprint density at radius 3 is 2.42 bits per heavy atom. The second-order valence-electron chi connectivity index (χ2n) is 7.77. The number of carbonyl (C=O) groups is 1. The van der Waals surface area contributed by atoms with Crippen molar-refractivity contribution < 1.29 is 9.90 Å². The van der Waals surface area contributed by atoms with Gasteiger partial charge in [0.15, 0.2) is 0 Å². The number of nitrogens with zero attached hydrogens (tertiary/aromatic N) is 4. The molecule has 1 aliphatic rings. The van der Waals surface area contributed by atoms with E-state index in [1.54, 1.807) is 0 Å². The number of phenolic OH excluding ortho intramolecular Hbond substituents is 1. The smallest absolute Gasteiger partial charge is 0.294 e. The molecule has 1 amide bonds. The van der Waals surface area contributed by atoms with Crippen molar-refractivity contribution in [2.75, 3.05) is 11.9 Å². The van der Waals surface area contributed by atoms with E-state index in [9.17, 15) is 9.90 Å². The van der Waals surface area contributed by atoms with Crippen LogP contribution in [0.15, 0.2) is 64.9 Å². The molecule has 166 valence electrons. The highest BCUT2D eigenvalue weighted by atomic mass is 32.2. The first-order valence-corrected chi connectivity index (χ1v) is 11.9. The van der Waals surface area contributed by atoms with Gasteiger partial charge in [-0.3, -0.25) is 9.52 Å². The Labute approximate surface area is 199 Å². The minimum absolute atomic E-state index is 0.0432. The molecule has 2 heterocycles. The third-order valence-corrected chi connectivity index (χ3v) is 7.11.